The molecule has 3 N–H and O–H groups in total. The Morgan fingerprint density at radius 3 is 2.62 bits per heavy atom. The third kappa shape index (κ3) is 4.28. The Balaban J connectivity index is 0.00000208. The predicted octanol–water partition coefficient (Wildman–Crippen LogP) is 1.88. The normalized spacial score (nSPS) is 20.8. The Labute approximate surface area is 149 Å². The zero-order valence-electron chi connectivity index (χ0n) is 13.9. The van der Waals surface area contributed by atoms with Gasteiger partial charge in [-0.25, -0.2) is 0 Å². The van der Waals surface area contributed by atoms with Crippen LogP contribution in [-0.2, 0) is 16.0 Å². The number of piperidine rings is 1. The van der Waals surface area contributed by atoms with E-state index in [4.69, 9.17) is 5.73 Å². The molecule has 2 amide bonds. The van der Waals surface area contributed by atoms with Crippen molar-refractivity contribution >= 4 is 29.9 Å². The Morgan fingerprint density at radius 2 is 1.92 bits per heavy atom. The van der Waals surface area contributed by atoms with Crippen LogP contribution < -0.4 is 16.0 Å². The van der Waals surface area contributed by atoms with Gasteiger partial charge in [0, 0.05) is 18.7 Å². The molecule has 2 aliphatic heterocycles. The lowest BCUT2D eigenvalue weighted by atomic mass is 9.90. The number of fused-ring (bicyclic) bond motifs is 1. The molecule has 6 heteroatoms. The van der Waals surface area contributed by atoms with E-state index in [0.717, 1.165) is 43.6 Å². The molecule has 0 spiro atoms. The van der Waals surface area contributed by atoms with E-state index in [9.17, 15) is 9.59 Å². The molecular formula is C18H26ClN3O2. The van der Waals surface area contributed by atoms with E-state index < -0.39 is 0 Å². The first-order chi connectivity index (χ1) is 11.1. The van der Waals surface area contributed by atoms with Gasteiger partial charge in [0.15, 0.2) is 0 Å². The number of nitrogens with one attached hydrogen (secondary N) is 1. The van der Waals surface area contributed by atoms with Gasteiger partial charge in [-0.3, -0.25) is 9.59 Å². The number of benzene rings is 1. The van der Waals surface area contributed by atoms with Crippen LogP contribution in [0.3, 0.4) is 0 Å². The van der Waals surface area contributed by atoms with Gasteiger partial charge in [-0.15, -0.1) is 12.4 Å². The molecule has 5 nitrogen and oxygen atoms in total. The number of rotatable bonds is 4. The second-order valence-corrected chi connectivity index (χ2v) is 6.67. The van der Waals surface area contributed by atoms with Crippen molar-refractivity contribution in [2.75, 3.05) is 24.5 Å². The second kappa shape index (κ2) is 8.49. The first kappa shape index (κ1) is 18.7. The molecule has 0 bridgehead atoms. The number of hydrogen-bond donors (Lipinski definition) is 2. The molecule has 1 unspecified atom stereocenters. The molecule has 2 heterocycles. The Hall–Kier alpha value is -1.59. The van der Waals surface area contributed by atoms with Crippen molar-refractivity contribution in [3.63, 3.8) is 0 Å². The van der Waals surface area contributed by atoms with E-state index in [1.54, 1.807) is 4.90 Å². The fraction of sp³-hybridized carbons (Fsp3) is 0.556. The number of para-hydroxylation sites is 1. The molecule has 0 aliphatic carbocycles. The fourth-order valence-corrected chi connectivity index (χ4v) is 3.66. The lowest BCUT2D eigenvalue weighted by Crippen LogP contribution is -2.44. The summed E-state index contributed by atoms with van der Waals surface area (Å²) in [6, 6.07) is 7.84. The zero-order chi connectivity index (χ0) is 16.2. The highest BCUT2D eigenvalue weighted by molar-refractivity contribution is 5.96. The van der Waals surface area contributed by atoms with E-state index in [1.165, 1.54) is 0 Å². The summed E-state index contributed by atoms with van der Waals surface area (Å²) in [5, 5.41) is 3.35. The van der Waals surface area contributed by atoms with Crippen LogP contribution in [0.2, 0.25) is 0 Å². The molecule has 0 saturated carbocycles. The van der Waals surface area contributed by atoms with Gasteiger partial charge in [0.25, 0.3) is 0 Å². The van der Waals surface area contributed by atoms with Gasteiger partial charge < -0.3 is 16.0 Å². The number of hydrogen-bond acceptors (Lipinski definition) is 3. The summed E-state index contributed by atoms with van der Waals surface area (Å²) in [4.78, 5) is 26.1. The third-order valence-electron chi connectivity index (χ3n) is 5.08. The van der Waals surface area contributed by atoms with Gasteiger partial charge in [-0.05, 0) is 56.3 Å². The largest absolute Gasteiger partial charge is 0.369 e. The number of carbonyl (C=O) groups is 2. The van der Waals surface area contributed by atoms with Crippen molar-refractivity contribution < 1.29 is 9.59 Å². The molecule has 132 valence electrons. The fourth-order valence-electron chi connectivity index (χ4n) is 3.66. The predicted molar refractivity (Wildman–Crippen MR) is 97.3 cm³/mol. The Bertz CT molecular complexity index is 587. The van der Waals surface area contributed by atoms with Gasteiger partial charge in [-0.1, -0.05) is 18.2 Å². The van der Waals surface area contributed by atoms with Gasteiger partial charge in [0.05, 0.1) is 5.92 Å². The Morgan fingerprint density at radius 1 is 1.21 bits per heavy atom. The Kier molecular flexibility index (Phi) is 6.63. The number of nitrogens with zero attached hydrogens (tertiary/aromatic N) is 1. The number of nitrogens with two attached hydrogens (primary N) is 1. The molecule has 3 rings (SSSR count). The number of halogens is 1. The quantitative estimate of drug-likeness (QED) is 0.869. The molecule has 1 fully saturated rings. The molecular weight excluding hydrogens is 326 g/mol. The van der Waals surface area contributed by atoms with Crippen molar-refractivity contribution in [2.45, 2.75) is 32.1 Å². The molecule has 2 aliphatic rings. The van der Waals surface area contributed by atoms with Crippen LogP contribution in [-0.4, -0.2) is 31.4 Å². The first-order valence-corrected chi connectivity index (χ1v) is 8.53. The lowest BCUT2D eigenvalue weighted by Gasteiger charge is -2.34. The van der Waals surface area contributed by atoms with Crippen molar-refractivity contribution in [1.29, 1.82) is 0 Å². The van der Waals surface area contributed by atoms with Crippen LogP contribution >= 0.6 is 12.4 Å². The molecule has 1 aromatic carbocycles. The number of anilines is 1. The van der Waals surface area contributed by atoms with Crippen molar-refractivity contribution in [3.8, 4) is 0 Å². The third-order valence-corrected chi connectivity index (χ3v) is 5.08. The SMILES string of the molecule is Cl.NC(=O)C1Cc2ccccc2N(C(=O)CCC2CCNCC2)C1. The highest BCUT2D eigenvalue weighted by atomic mass is 35.5. The monoisotopic (exact) mass is 351 g/mol. The summed E-state index contributed by atoms with van der Waals surface area (Å²) < 4.78 is 0. The average Bonchev–Trinajstić information content (AvgIpc) is 2.59. The van der Waals surface area contributed by atoms with E-state index >= 15 is 0 Å². The standard InChI is InChI=1S/C18H25N3O2.ClH/c19-18(23)15-11-14-3-1-2-4-16(14)21(12-15)17(22)6-5-13-7-9-20-10-8-13;/h1-4,13,15,20H,5-12H2,(H2,19,23);1H. The summed E-state index contributed by atoms with van der Waals surface area (Å²) in [7, 11) is 0. The minimum atomic E-state index is -0.323. The maximum Gasteiger partial charge on any atom is 0.227 e. The van der Waals surface area contributed by atoms with Crippen LogP contribution in [0.15, 0.2) is 24.3 Å². The van der Waals surface area contributed by atoms with Crippen LogP contribution in [0.1, 0.15) is 31.2 Å². The topological polar surface area (TPSA) is 75.4 Å². The summed E-state index contributed by atoms with van der Waals surface area (Å²) in [6.07, 6.45) is 4.40. The summed E-state index contributed by atoms with van der Waals surface area (Å²) in [5.41, 5.74) is 7.48. The summed E-state index contributed by atoms with van der Waals surface area (Å²) >= 11 is 0. The number of carbonyl (C=O) groups excluding carboxylic acids is 2. The minimum absolute atomic E-state index is 0. The van der Waals surface area contributed by atoms with Crippen LogP contribution in [0, 0.1) is 11.8 Å². The lowest BCUT2D eigenvalue weighted by molar-refractivity contribution is -0.122. The maximum absolute atomic E-state index is 12.7. The summed E-state index contributed by atoms with van der Waals surface area (Å²) in [5.74, 6) is 0.137. The highest BCUT2D eigenvalue weighted by Crippen LogP contribution is 2.30. The van der Waals surface area contributed by atoms with E-state index in [1.807, 2.05) is 24.3 Å². The maximum atomic E-state index is 12.7. The van der Waals surface area contributed by atoms with E-state index in [0.29, 0.717) is 25.3 Å². The molecule has 1 saturated heterocycles. The second-order valence-electron chi connectivity index (χ2n) is 6.67. The molecule has 24 heavy (non-hydrogen) atoms. The van der Waals surface area contributed by atoms with Crippen molar-refractivity contribution in [1.82, 2.24) is 5.32 Å². The van der Waals surface area contributed by atoms with Gasteiger partial charge in [-0.2, -0.15) is 0 Å². The molecule has 1 atom stereocenters. The summed E-state index contributed by atoms with van der Waals surface area (Å²) in [6.45, 7) is 2.52. The average molecular weight is 352 g/mol. The van der Waals surface area contributed by atoms with E-state index in [2.05, 4.69) is 5.32 Å². The van der Waals surface area contributed by atoms with Crippen LogP contribution in [0.25, 0.3) is 0 Å². The number of amides is 2. The minimum Gasteiger partial charge on any atom is -0.369 e. The van der Waals surface area contributed by atoms with Crippen molar-refractivity contribution in [3.05, 3.63) is 29.8 Å². The number of primary amides is 1. The van der Waals surface area contributed by atoms with Gasteiger partial charge in [0.1, 0.15) is 0 Å². The molecule has 0 aromatic heterocycles. The zero-order valence-corrected chi connectivity index (χ0v) is 14.7. The first-order valence-electron chi connectivity index (χ1n) is 8.53. The van der Waals surface area contributed by atoms with Crippen LogP contribution in [0.4, 0.5) is 5.69 Å². The smallest absolute Gasteiger partial charge is 0.227 e. The van der Waals surface area contributed by atoms with Crippen LogP contribution in [0.5, 0.6) is 0 Å². The molecule has 0 radical (unpaired) electrons. The van der Waals surface area contributed by atoms with Gasteiger partial charge in [0.2, 0.25) is 11.8 Å². The van der Waals surface area contributed by atoms with Gasteiger partial charge >= 0.3 is 0 Å². The van der Waals surface area contributed by atoms with Crippen molar-refractivity contribution in [2.24, 2.45) is 17.6 Å². The molecule has 1 aromatic rings. The van der Waals surface area contributed by atoms with E-state index in [-0.39, 0.29) is 30.1 Å². The highest BCUT2D eigenvalue weighted by Gasteiger charge is 2.31.